The van der Waals surface area contributed by atoms with Crippen molar-refractivity contribution in [3.8, 4) is 0 Å². The summed E-state index contributed by atoms with van der Waals surface area (Å²) in [6.07, 6.45) is 5.45. The number of carbonyl (C=O) groups excluding carboxylic acids is 3. The number of rotatable bonds is 11. The number of H-pyrrole nitrogens is 1. The van der Waals surface area contributed by atoms with Crippen molar-refractivity contribution >= 4 is 35.6 Å². The molecule has 2 aromatic rings. The van der Waals surface area contributed by atoms with E-state index in [1.54, 1.807) is 12.1 Å². The van der Waals surface area contributed by atoms with Crippen LogP contribution in [-0.2, 0) is 19.2 Å². The molecule has 0 spiro atoms. The molecule has 8 nitrogen and oxygen atoms in total. The van der Waals surface area contributed by atoms with Crippen LogP contribution in [0.4, 0.5) is 10.1 Å². The Morgan fingerprint density at radius 3 is 2.29 bits per heavy atom. The number of halogens is 1. The average Bonchev–Trinajstić information content (AvgIpc) is 3.40. The molecule has 9 heteroatoms. The van der Waals surface area contributed by atoms with E-state index in [1.807, 2.05) is 62.3 Å². The van der Waals surface area contributed by atoms with Crippen molar-refractivity contribution in [2.45, 2.75) is 88.0 Å². The molecule has 1 aromatic heterocycles. The molecule has 1 aromatic carbocycles. The van der Waals surface area contributed by atoms with Gasteiger partial charge in [-0.25, -0.2) is 4.39 Å². The summed E-state index contributed by atoms with van der Waals surface area (Å²) in [6, 6.07) is 4.31. The number of allylic oxidation sites excluding steroid dienone is 1. The molecule has 2 heterocycles. The minimum atomic E-state index is -0.346. The Labute approximate surface area is 245 Å². The second-order valence-corrected chi connectivity index (χ2v) is 9.25. The summed E-state index contributed by atoms with van der Waals surface area (Å²) in [4.78, 5) is 41.6. The van der Waals surface area contributed by atoms with E-state index < -0.39 is 0 Å². The van der Waals surface area contributed by atoms with Crippen LogP contribution in [0.25, 0.3) is 11.6 Å². The van der Waals surface area contributed by atoms with Crippen LogP contribution in [0.2, 0.25) is 0 Å². The van der Waals surface area contributed by atoms with Crippen LogP contribution in [0.15, 0.2) is 30.5 Å². The molecule has 3 amide bonds. The van der Waals surface area contributed by atoms with Gasteiger partial charge in [-0.1, -0.05) is 54.5 Å². The zero-order chi connectivity index (χ0) is 31.5. The normalized spacial score (nSPS) is 12.0. The van der Waals surface area contributed by atoms with Crippen LogP contribution in [0.3, 0.4) is 0 Å². The molecule has 0 radical (unpaired) electrons. The minimum Gasteiger partial charge on any atom is -0.384 e. The quantitative estimate of drug-likeness (QED) is 0.0754. The van der Waals surface area contributed by atoms with Crippen LogP contribution in [0.5, 0.6) is 0 Å². The Morgan fingerprint density at radius 2 is 1.73 bits per heavy atom. The first kappa shape index (κ1) is 37.1. The van der Waals surface area contributed by atoms with E-state index >= 15 is 0 Å². The van der Waals surface area contributed by atoms with Crippen molar-refractivity contribution in [1.82, 2.24) is 15.8 Å². The number of fused-ring (bicyclic) bond motifs is 1. The van der Waals surface area contributed by atoms with E-state index in [9.17, 15) is 18.8 Å². The lowest BCUT2D eigenvalue weighted by Gasteiger charge is -2.11. The van der Waals surface area contributed by atoms with Gasteiger partial charge in [-0.2, -0.15) is 5.48 Å². The number of aryl methyl sites for hydroxylation is 1. The monoisotopic (exact) mass is 572 g/mol. The molecule has 1 aliphatic rings. The zero-order valence-electron chi connectivity index (χ0n) is 26.2. The first-order valence-electron chi connectivity index (χ1n) is 14.3. The second kappa shape index (κ2) is 20.1. The van der Waals surface area contributed by atoms with Crippen LogP contribution in [-0.4, -0.2) is 29.8 Å². The highest BCUT2D eigenvalue weighted by Crippen LogP contribution is 2.34. The number of aromatic nitrogens is 1. The lowest BCUT2D eigenvalue weighted by atomic mass is 10.0. The largest absolute Gasteiger partial charge is 0.384 e. The van der Waals surface area contributed by atoms with Gasteiger partial charge in [-0.3, -0.25) is 14.4 Å². The van der Waals surface area contributed by atoms with Crippen molar-refractivity contribution in [3.05, 3.63) is 64.4 Å². The van der Waals surface area contributed by atoms with E-state index in [2.05, 4.69) is 27.7 Å². The molecule has 228 valence electrons. The highest BCUT2D eigenvalue weighted by molar-refractivity contribution is 6.34. The van der Waals surface area contributed by atoms with Crippen LogP contribution in [0.1, 0.15) is 95.3 Å². The predicted octanol–water partition coefficient (Wildman–Crippen LogP) is 7.13. The zero-order valence-corrected chi connectivity index (χ0v) is 26.2. The molecule has 0 unspecified atom stereocenters. The molecular formula is C32H49FN4O4. The smallest absolute Gasteiger partial charge is 0.256 e. The number of hydrogen-bond acceptors (Lipinski definition) is 4. The fourth-order valence-electron chi connectivity index (χ4n) is 3.50. The molecule has 0 saturated heterocycles. The Bertz CT molecular complexity index is 1170. The van der Waals surface area contributed by atoms with Gasteiger partial charge in [0.2, 0.25) is 6.41 Å². The molecule has 0 saturated carbocycles. The van der Waals surface area contributed by atoms with E-state index in [0.29, 0.717) is 42.0 Å². The maximum Gasteiger partial charge on any atom is 0.256 e. The van der Waals surface area contributed by atoms with Gasteiger partial charge in [0.05, 0.1) is 5.57 Å². The molecule has 0 aliphatic carbocycles. The van der Waals surface area contributed by atoms with Gasteiger partial charge in [0, 0.05) is 41.5 Å². The molecular weight excluding hydrogens is 523 g/mol. The van der Waals surface area contributed by atoms with Gasteiger partial charge in [0.1, 0.15) is 11.6 Å². The SMILES string of the molecule is C=C(ONC(=O)CCCCCNC=O)C(C)C.CC.CC.Cc1[nH]c(/C=C2\C(=O)Nc3ccc(F)cc32)c(C)c1C. The number of carbonyl (C=O) groups is 3. The minimum absolute atomic E-state index is 0.143. The van der Waals surface area contributed by atoms with Gasteiger partial charge < -0.3 is 20.5 Å². The van der Waals surface area contributed by atoms with E-state index in [-0.39, 0.29) is 23.5 Å². The van der Waals surface area contributed by atoms with Gasteiger partial charge >= 0.3 is 0 Å². The van der Waals surface area contributed by atoms with Crippen LogP contribution >= 0.6 is 0 Å². The van der Waals surface area contributed by atoms with Crippen molar-refractivity contribution < 1.29 is 23.6 Å². The molecule has 41 heavy (non-hydrogen) atoms. The summed E-state index contributed by atoms with van der Waals surface area (Å²) < 4.78 is 13.4. The molecule has 0 fully saturated rings. The third-order valence-electron chi connectivity index (χ3n) is 6.15. The Hall–Kier alpha value is -3.88. The highest BCUT2D eigenvalue weighted by Gasteiger charge is 2.25. The number of hydroxylamine groups is 1. The van der Waals surface area contributed by atoms with Crippen LogP contribution < -0.4 is 16.1 Å². The highest BCUT2D eigenvalue weighted by atomic mass is 19.1. The number of hydrogen-bond donors (Lipinski definition) is 4. The fraction of sp³-hybridized carbons (Fsp3) is 0.469. The standard InChI is InChI=1S/C16H15FN2O.C12H22N2O3.2C2H6/c1-8-9(2)15(18-10(8)3)7-13-12-6-11(17)4-5-14(12)19-16(13)20;1-10(2)11(3)17-14-12(16)7-5-4-6-8-13-9-15;2*1-2/h4-7,18H,1-3H3,(H,19,20);9-10H,3-8H2,1-2H3,(H,13,15)(H,14,16);2*1-2H3/b13-7-;;;. The van der Waals surface area contributed by atoms with Crippen LogP contribution in [0, 0.1) is 32.5 Å². The fourth-order valence-corrected chi connectivity index (χ4v) is 3.50. The average molecular weight is 573 g/mol. The third-order valence-corrected chi connectivity index (χ3v) is 6.15. The summed E-state index contributed by atoms with van der Waals surface area (Å²) in [5.74, 6) is 0.0463. The van der Waals surface area contributed by atoms with Gasteiger partial charge in [0.25, 0.3) is 11.8 Å². The van der Waals surface area contributed by atoms with Crippen molar-refractivity contribution in [1.29, 1.82) is 0 Å². The number of aromatic amines is 1. The molecule has 0 atom stereocenters. The topological polar surface area (TPSA) is 112 Å². The van der Waals surface area contributed by atoms with E-state index in [4.69, 9.17) is 4.84 Å². The van der Waals surface area contributed by atoms with Crippen molar-refractivity contribution in [2.75, 3.05) is 11.9 Å². The summed E-state index contributed by atoms with van der Waals surface area (Å²) in [5, 5.41) is 5.32. The second-order valence-electron chi connectivity index (χ2n) is 9.25. The third kappa shape index (κ3) is 12.4. The Morgan fingerprint density at radius 1 is 1.07 bits per heavy atom. The predicted molar refractivity (Wildman–Crippen MR) is 166 cm³/mol. The van der Waals surface area contributed by atoms with Gasteiger partial charge in [-0.15, -0.1) is 0 Å². The summed E-state index contributed by atoms with van der Waals surface area (Å²) >= 11 is 0. The molecule has 0 bridgehead atoms. The Balaban J connectivity index is 0.000000706. The van der Waals surface area contributed by atoms with Gasteiger partial charge in [0.15, 0.2) is 0 Å². The first-order valence-corrected chi connectivity index (χ1v) is 14.3. The molecule has 3 rings (SSSR count). The first-order chi connectivity index (χ1) is 19.5. The number of benzene rings is 1. The molecule has 4 N–H and O–H groups in total. The summed E-state index contributed by atoms with van der Waals surface area (Å²) in [6.45, 7) is 22.2. The molecule has 1 aliphatic heterocycles. The maximum absolute atomic E-state index is 13.4. The lowest BCUT2D eigenvalue weighted by Crippen LogP contribution is -2.24. The summed E-state index contributed by atoms with van der Waals surface area (Å²) in [7, 11) is 0. The number of nitrogens with one attached hydrogen (secondary N) is 4. The van der Waals surface area contributed by atoms with E-state index in [1.165, 1.54) is 17.7 Å². The van der Waals surface area contributed by atoms with Crippen molar-refractivity contribution in [2.24, 2.45) is 5.92 Å². The maximum atomic E-state index is 13.4. The Kier molecular flexibility index (Phi) is 18.2. The van der Waals surface area contributed by atoms with Gasteiger partial charge in [-0.05, 0) is 69.0 Å². The lowest BCUT2D eigenvalue weighted by molar-refractivity contribution is -0.131. The van der Waals surface area contributed by atoms with E-state index in [0.717, 1.165) is 36.2 Å². The number of anilines is 1. The summed E-state index contributed by atoms with van der Waals surface area (Å²) in [5.41, 5.74) is 8.36. The van der Waals surface area contributed by atoms with Crippen molar-refractivity contribution in [3.63, 3.8) is 0 Å². The number of unbranched alkanes of at least 4 members (excludes halogenated alkanes) is 2. The number of amides is 3.